The first-order chi connectivity index (χ1) is 8.99. The van der Waals surface area contributed by atoms with E-state index in [1.54, 1.807) is 0 Å². The highest BCUT2D eigenvalue weighted by Crippen LogP contribution is 2.26. The van der Waals surface area contributed by atoms with Crippen molar-refractivity contribution >= 4 is 23.2 Å². The lowest BCUT2D eigenvalue weighted by Gasteiger charge is -2.22. The molecule has 1 unspecified atom stereocenters. The summed E-state index contributed by atoms with van der Waals surface area (Å²) in [6, 6.07) is 4.00. The molecule has 6 nitrogen and oxygen atoms in total. The molecule has 0 aromatic heterocycles. The number of nitrogens with two attached hydrogens (primary N) is 1. The molecule has 1 amide bonds. The number of non-ortho nitro benzene ring substituents is 1. The van der Waals surface area contributed by atoms with Crippen molar-refractivity contribution in [3.8, 4) is 0 Å². The van der Waals surface area contributed by atoms with Crippen molar-refractivity contribution < 1.29 is 9.72 Å². The molecule has 0 bridgehead atoms. The van der Waals surface area contributed by atoms with Gasteiger partial charge in [0.25, 0.3) is 5.69 Å². The third-order valence-corrected chi connectivity index (χ3v) is 3.67. The van der Waals surface area contributed by atoms with Gasteiger partial charge in [-0.3, -0.25) is 19.8 Å². The summed E-state index contributed by atoms with van der Waals surface area (Å²) in [5.41, 5.74) is 5.97. The average Bonchev–Trinajstić information content (AvgIpc) is 2.80. The van der Waals surface area contributed by atoms with Gasteiger partial charge in [0, 0.05) is 23.7 Å². The second kappa shape index (κ2) is 5.54. The van der Waals surface area contributed by atoms with Crippen molar-refractivity contribution in [2.45, 2.75) is 25.4 Å². The fourth-order valence-corrected chi connectivity index (χ4v) is 2.53. The third-order valence-electron chi connectivity index (χ3n) is 3.31. The quantitative estimate of drug-likeness (QED) is 0.673. The third kappa shape index (κ3) is 3.02. The first-order valence-corrected chi connectivity index (χ1v) is 6.33. The van der Waals surface area contributed by atoms with Crippen LogP contribution in [0.15, 0.2) is 18.2 Å². The normalized spacial score (nSPS) is 19.5. The van der Waals surface area contributed by atoms with E-state index in [0.29, 0.717) is 17.1 Å². The summed E-state index contributed by atoms with van der Waals surface area (Å²) in [6.07, 6.45) is 1.61. The van der Waals surface area contributed by atoms with Crippen molar-refractivity contribution in [2.75, 3.05) is 6.54 Å². The maximum Gasteiger partial charge on any atom is 0.269 e. The second-order valence-electron chi connectivity index (χ2n) is 4.56. The zero-order chi connectivity index (χ0) is 14.0. The van der Waals surface area contributed by atoms with E-state index in [1.807, 2.05) is 4.90 Å². The molecule has 2 N–H and O–H groups in total. The molecule has 0 radical (unpaired) electrons. The van der Waals surface area contributed by atoms with Crippen molar-refractivity contribution in [1.82, 2.24) is 4.90 Å². The number of halogens is 1. The minimum Gasteiger partial charge on any atom is -0.368 e. The summed E-state index contributed by atoms with van der Waals surface area (Å²) in [5, 5.41) is 11.2. The van der Waals surface area contributed by atoms with E-state index in [0.717, 1.165) is 19.4 Å². The summed E-state index contributed by atoms with van der Waals surface area (Å²) in [6.45, 7) is 1.14. The number of likely N-dealkylation sites (tertiary alicyclic amines) is 1. The van der Waals surface area contributed by atoms with Crippen molar-refractivity contribution in [2.24, 2.45) is 5.73 Å². The molecule has 1 saturated heterocycles. The zero-order valence-electron chi connectivity index (χ0n) is 10.2. The predicted octanol–water partition coefficient (Wildman–Crippen LogP) is 1.70. The summed E-state index contributed by atoms with van der Waals surface area (Å²) in [4.78, 5) is 23.5. The highest BCUT2D eigenvalue weighted by molar-refractivity contribution is 6.31. The largest absolute Gasteiger partial charge is 0.368 e. The standard InChI is InChI=1S/C12H14ClN3O3/c13-10-4-3-9(16(18)19)6-8(10)7-15-5-1-2-11(15)12(14)17/h3-4,6,11H,1-2,5,7H2,(H2,14,17). The number of benzene rings is 1. The minimum absolute atomic E-state index is 0.00535. The van der Waals surface area contributed by atoms with Crippen LogP contribution in [-0.2, 0) is 11.3 Å². The second-order valence-corrected chi connectivity index (χ2v) is 4.97. The van der Waals surface area contributed by atoms with Gasteiger partial charge in [0.05, 0.1) is 11.0 Å². The van der Waals surface area contributed by atoms with Crippen LogP contribution in [0.2, 0.25) is 5.02 Å². The lowest BCUT2D eigenvalue weighted by Crippen LogP contribution is -2.39. The van der Waals surface area contributed by atoms with E-state index < -0.39 is 4.92 Å². The summed E-state index contributed by atoms with van der Waals surface area (Å²) < 4.78 is 0. The van der Waals surface area contributed by atoms with Crippen LogP contribution in [0.3, 0.4) is 0 Å². The molecular formula is C12H14ClN3O3. The Morgan fingerprint density at radius 1 is 1.58 bits per heavy atom. The Bertz CT molecular complexity index is 521. The summed E-state index contributed by atoms with van der Waals surface area (Å²) in [5.74, 6) is -0.362. The Balaban J connectivity index is 2.20. The molecule has 1 atom stereocenters. The van der Waals surface area contributed by atoms with E-state index in [4.69, 9.17) is 17.3 Å². The van der Waals surface area contributed by atoms with E-state index in [1.165, 1.54) is 18.2 Å². The topological polar surface area (TPSA) is 89.5 Å². The number of primary amides is 1. The monoisotopic (exact) mass is 283 g/mol. The van der Waals surface area contributed by atoms with Crippen LogP contribution in [0.1, 0.15) is 18.4 Å². The van der Waals surface area contributed by atoms with Crippen LogP contribution in [0.4, 0.5) is 5.69 Å². The van der Waals surface area contributed by atoms with E-state index >= 15 is 0 Å². The Morgan fingerprint density at radius 3 is 2.95 bits per heavy atom. The number of carbonyl (C=O) groups excluding carboxylic acids is 1. The highest BCUT2D eigenvalue weighted by Gasteiger charge is 2.29. The van der Waals surface area contributed by atoms with E-state index in [-0.39, 0.29) is 17.6 Å². The van der Waals surface area contributed by atoms with Crippen LogP contribution in [0.5, 0.6) is 0 Å². The van der Waals surface area contributed by atoms with Crippen LogP contribution >= 0.6 is 11.6 Å². The fraction of sp³-hybridized carbons (Fsp3) is 0.417. The molecule has 7 heteroatoms. The number of carbonyl (C=O) groups is 1. The number of amides is 1. The minimum atomic E-state index is -0.463. The van der Waals surface area contributed by atoms with Crippen LogP contribution in [0, 0.1) is 10.1 Å². The van der Waals surface area contributed by atoms with Crippen LogP contribution in [0.25, 0.3) is 0 Å². The van der Waals surface area contributed by atoms with Gasteiger partial charge in [0.15, 0.2) is 0 Å². The van der Waals surface area contributed by atoms with Gasteiger partial charge >= 0.3 is 0 Å². The Kier molecular flexibility index (Phi) is 4.01. The van der Waals surface area contributed by atoms with Gasteiger partial charge in [-0.15, -0.1) is 0 Å². The van der Waals surface area contributed by atoms with E-state index in [9.17, 15) is 14.9 Å². The molecule has 0 saturated carbocycles. The van der Waals surface area contributed by atoms with Crippen molar-refractivity contribution in [3.05, 3.63) is 38.9 Å². The smallest absolute Gasteiger partial charge is 0.269 e. The highest BCUT2D eigenvalue weighted by atomic mass is 35.5. The molecule has 102 valence electrons. The number of nitro groups is 1. The van der Waals surface area contributed by atoms with Gasteiger partial charge in [-0.1, -0.05) is 11.6 Å². The Labute approximate surface area is 115 Å². The average molecular weight is 284 g/mol. The number of nitrogens with zero attached hydrogens (tertiary/aromatic N) is 2. The number of hydrogen-bond donors (Lipinski definition) is 1. The Morgan fingerprint density at radius 2 is 2.32 bits per heavy atom. The molecule has 1 aliphatic heterocycles. The first-order valence-electron chi connectivity index (χ1n) is 5.95. The number of hydrogen-bond acceptors (Lipinski definition) is 4. The zero-order valence-corrected chi connectivity index (χ0v) is 11.0. The molecule has 19 heavy (non-hydrogen) atoms. The van der Waals surface area contributed by atoms with Crippen molar-refractivity contribution in [3.63, 3.8) is 0 Å². The molecule has 1 aromatic rings. The molecule has 0 aliphatic carbocycles. The van der Waals surface area contributed by atoms with Gasteiger partial charge in [-0.2, -0.15) is 0 Å². The predicted molar refractivity (Wildman–Crippen MR) is 70.7 cm³/mol. The van der Waals surface area contributed by atoms with Crippen molar-refractivity contribution in [1.29, 1.82) is 0 Å². The number of rotatable bonds is 4. The Hall–Kier alpha value is -1.66. The molecule has 1 fully saturated rings. The van der Waals surface area contributed by atoms with Gasteiger partial charge in [0.2, 0.25) is 5.91 Å². The lowest BCUT2D eigenvalue weighted by atomic mass is 10.1. The summed E-state index contributed by atoms with van der Waals surface area (Å²) in [7, 11) is 0. The fourth-order valence-electron chi connectivity index (χ4n) is 2.35. The van der Waals surface area contributed by atoms with Crippen LogP contribution < -0.4 is 5.73 Å². The molecule has 1 heterocycles. The molecule has 0 spiro atoms. The van der Waals surface area contributed by atoms with Gasteiger partial charge in [-0.25, -0.2) is 0 Å². The number of nitro benzene ring substituents is 1. The first kappa shape index (κ1) is 13.8. The molecule has 1 aromatic carbocycles. The molecule has 2 rings (SSSR count). The van der Waals surface area contributed by atoms with Gasteiger partial charge < -0.3 is 5.73 Å². The lowest BCUT2D eigenvalue weighted by molar-refractivity contribution is -0.384. The SMILES string of the molecule is NC(=O)C1CCCN1Cc1cc([N+](=O)[O-])ccc1Cl. The van der Waals surface area contributed by atoms with E-state index in [2.05, 4.69) is 0 Å². The maximum absolute atomic E-state index is 11.3. The molecule has 1 aliphatic rings. The maximum atomic E-state index is 11.3. The van der Waals surface area contributed by atoms with Gasteiger partial charge in [-0.05, 0) is 31.0 Å². The summed E-state index contributed by atoms with van der Waals surface area (Å²) >= 11 is 6.04. The molecular weight excluding hydrogens is 270 g/mol. The van der Waals surface area contributed by atoms with Gasteiger partial charge in [0.1, 0.15) is 0 Å². The van der Waals surface area contributed by atoms with Crippen LogP contribution in [-0.4, -0.2) is 28.3 Å².